The number of rotatable bonds is 9. The molecular weight excluding hydrogens is 396 g/mol. The van der Waals surface area contributed by atoms with Crippen LogP contribution >= 0.6 is 23.5 Å². The minimum absolute atomic E-state index is 0.0762. The highest BCUT2D eigenvalue weighted by Gasteiger charge is 2.19. The third kappa shape index (κ3) is 5.67. The quantitative estimate of drug-likeness (QED) is 0.419. The number of thioether (sulfide) groups is 1. The molecule has 1 aliphatic rings. The topological polar surface area (TPSA) is 32.7 Å². The van der Waals surface area contributed by atoms with Gasteiger partial charge in [0.05, 0.1) is 5.69 Å². The van der Waals surface area contributed by atoms with Gasteiger partial charge in [-0.05, 0) is 55.0 Å². The number of hydrogen-bond donors (Lipinski definition) is 0. The van der Waals surface area contributed by atoms with Gasteiger partial charge < -0.3 is 4.90 Å². The van der Waals surface area contributed by atoms with Crippen molar-refractivity contribution in [3.8, 4) is 0 Å². The first-order valence-electron chi connectivity index (χ1n) is 10.5. The summed E-state index contributed by atoms with van der Waals surface area (Å²) >= 11 is 3.70. The number of benzene rings is 2. The van der Waals surface area contributed by atoms with E-state index in [0.717, 1.165) is 53.4 Å². The normalized spacial score (nSPS) is 12.6. The van der Waals surface area contributed by atoms with Crippen molar-refractivity contribution >= 4 is 40.8 Å². The molecule has 3 nitrogen and oxygen atoms in total. The maximum Gasteiger partial charge on any atom is 0.253 e. The summed E-state index contributed by atoms with van der Waals surface area (Å²) in [5, 5.41) is 0. The molecule has 0 bridgehead atoms. The van der Waals surface area contributed by atoms with E-state index in [0.29, 0.717) is 0 Å². The average Bonchev–Trinajstić information content (AvgIpc) is 2.89. The van der Waals surface area contributed by atoms with Gasteiger partial charge in [0, 0.05) is 40.2 Å². The Labute approximate surface area is 183 Å². The molecule has 2 aromatic rings. The molecule has 3 rings (SSSR count). The van der Waals surface area contributed by atoms with Gasteiger partial charge >= 0.3 is 0 Å². The lowest BCUT2D eigenvalue weighted by Crippen LogP contribution is -2.28. The molecule has 0 aliphatic carbocycles. The summed E-state index contributed by atoms with van der Waals surface area (Å²) in [5.74, 6) is 2.38. The zero-order valence-electron chi connectivity index (χ0n) is 17.6. The second kappa shape index (κ2) is 10.9. The van der Waals surface area contributed by atoms with Crippen molar-refractivity contribution in [2.24, 2.45) is 4.99 Å². The Bertz CT molecular complexity index is 879. The summed E-state index contributed by atoms with van der Waals surface area (Å²) in [4.78, 5) is 22.1. The largest absolute Gasteiger partial charge is 0.342 e. The van der Waals surface area contributed by atoms with Crippen molar-refractivity contribution < 1.29 is 4.79 Å². The predicted octanol–water partition coefficient (Wildman–Crippen LogP) is 6.68. The summed E-state index contributed by atoms with van der Waals surface area (Å²) in [6.45, 7) is 5.17. The van der Waals surface area contributed by atoms with Crippen molar-refractivity contribution in [2.75, 3.05) is 25.1 Å². The summed E-state index contributed by atoms with van der Waals surface area (Å²) in [6, 6.07) is 14.4. The molecule has 0 saturated heterocycles. The molecule has 29 heavy (non-hydrogen) atoms. The molecule has 0 fully saturated rings. The van der Waals surface area contributed by atoms with Gasteiger partial charge in [0.1, 0.15) is 0 Å². The maximum absolute atomic E-state index is 12.9. The summed E-state index contributed by atoms with van der Waals surface area (Å²) < 4.78 is 0. The number of nitrogens with zero attached hydrogens (tertiary/aromatic N) is 2. The fourth-order valence-corrected chi connectivity index (χ4v) is 5.19. The third-order valence-electron chi connectivity index (χ3n) is 4.84. The monoisotopic (exact) mass is 426 g/mol. The molecular formula is C24H30N2OS2. The van der Waals surface area contributed by atoms with E-state index in [1.165, 1.54) is 22.6 Å². The van der Waals surface area contributed by atoms with Gasteiger partial charge in [-0.1, -0.05) is 50.2 Å². The number of aliphatic imine (C=N–C) groups is 1. The first-order valence-corrected chi connectivity index (χ1v) is 12.4. The average molecular weight is 427 g/mol. The molecule has 154 valence electrons. The van der Waals surface area contributed by atoms with E-state index in [-0.39, 0.29) is 5.91 Å². The number of fused-ring (bicyclic) bond motifs is 2. The summed E-state index contributed by atoms with van der Waals surface area (Å²) in [6.07, 6.45) is 4.22. The van der Waals surface area contributed by atoms with E-state index < -0.39 is 0 Å². The van der Waals surface area contributed by atoms with Gasteiger partial charge in [-0.2, -0.15) is 11.8 Å². The Kier molecular flexibility index (Phi) is 8.25. The molecule has 0 saturated carbocycles. The van der Waals surface area contributed by atoms with Crippen LogP contribution in [-0.4, -0.2) is 41.6 Å². The predicted molar refractivity (Wildman–Crippen MR) is 127 cm³/mol. The molecule has 1 aliphatic heterocycles. The lowest BCUT2D eigenvalue weighted by Gasteiger charge is -2.17. The van der Waals surface area contributed by atoms with Crippen LogP contribution < -0.4 is 0 Å². The first-order chi connectivity index (χ1) is 14.1. The highest BCUT2D eigenvalue weighted by Crippen LogP contribution is 2.41. The number of carbonyl (C=O) groups is 1. The van der Waals surface area contributed by atoms with Crippen LogP contribution in [0.1, 0.15) is 55.5 Å². The van der Waals surface area contributed by atoms with Crippen LogP contribution in [0.5, 0.6) is 0 Å². The lowest BCUT2D eigenvalue weighted by molar-refractivity contribution is 0.0795. The Morgan fingerprint density at radius 2 is 1.90 bits per heavy atom. The molecule has 0 spiro atoms. The standard InChI is InChI=1S/C24H30N2OS2/c1-4-9-20-19-10-6-7-11-22(19)29-23-13-12-18(17-21(23)25-20)24(27)26(3)14-8-16-28-15-5-2/h6-7,10-13,17H,4-5,8-9,14-16H2,1-3H3. The zero-order valence-corrected chi connectivity index (χ0v) is 19.2. The third-order valence-corrected chi connectivity index (χ3v) is 7.26. The molecule has 5 heteroatoms. The minimum atomic E-state index is 0.0762. The smallest absolute Gasteiger partial charge is 0.253 e. The summed E-state index contributed by atoms with van der Waals surface area (Å²) in [5.41, 5.74) is 3.95. The fourth-order valence-electron chi connectivity index (χ4n) is 3.34. The summed E-state index contributed by atoms with van der Waals surface area (Å²) in [7, 11) is 1.90. The Balaban J connectivity index is 1.79. The van der Waals surface area contributed by atoms with Gasteiger partial charge in [-0.15, -0.1) is 0 Å². The Hall–Kier alpha value is -1.72. The van der Waals surface area contributed by atoms with Gasteiger partial charge in [-0.25, -0.2) is 0 Å². The van der Waals surface area contributed by atoms with Crippen molar-refractivity contribution in [3.63, 3.8) is 0 Å². The zero-order chi connectivity index (χ0) is 20.6. The van der Waals surface area contributed by atoms with Crippen LogP contribution in [0.15, 0.2) is 57.2 Å². The van der Waals surface area contributed by atoms with Crippen LogP contribution in [-0.2, 0) is 0 Å². The van der Waals surface area contributed by atoms with E-state index in [1.54, 1.807) is 11.8 Å². The molecule has 1 heterocycles. The van der Waals surface area contributed by atoms with Crippen molar-refractivity contribution in [3.05, 3.63) is 53.6 Å². The molecule has 0 aromatic heterocycles. The van der Waals surface area contributed by atoms with Crippen LogP contribution in [0.2, 0.25) is 0 Å². The van der Waals surface area contributed by atoms with Gasteiger partial charge in [0.15, 0.2) is 0 Å². The molecule has 0 unspecified atom stereocenters. The van der Waals surface area contributed by atoms with Gasteiger partial charge in [0.2, 0.25) is 0 Å². The Morgan fingerprint density at radius 3 is 2.69 bits per heavy atom. The van der Waals surface area contributed by atoms with Crippen molar-refractivity contribution in [1.29, 1.82) is 0 Å². The SMILES string of the molecule is CCCSCCCN(C)C(=O)c1ccc2c(c1)N=C(CCC)c1ccccc1S2. The van der Waals surface area contributed by atoms with Crippen LogP contribution in [0.25, 0.3) is 0 Å². The van der Waals surface area contributed by atoms with Crippen molar-refractivity contribution in [2.45, 2.75) is 49.3 Å². The maximum atomic E-state index is 12.9. The number of amides is 1. The van der Waals surface area contributed by atoms with Gasteiger partial charge in [-0.3, -0.25) is 9.79 Å². The van der Waals surface area contributed by atoms with Gasteiger partial charge in [0.25, 0.3) is 5.91 Å². The van der Waals surface area contributed by atoms with E-state index in [2.05, 4.69) is 38.1 Å². The minimum Gasteiger partial charge on any atom is -0.342 e. The van der Waals surface area contributed by atoms with Crippen LogP contribution in [0, 0.1) is 0 Å². The molecule has 0 radical (unpaired) electrons. The van der Waals surface area contributed by atoms with Crippen molar-refractivity contribution in [1.82, 2.24) is 4.90 Å². The highest BCUT2D eigenvalue weighted by atomic mass is 32.2. The molecule has 1 amide bonds. The van der Waals surface area contributed by atoms with Crippen LogP contribution in [0.3, 0.4) is 0 Å². The lowest BCUT2D eigenvalue weighted by atomic mass is 10.1. The van der Waals surface area contributed by atoms with E-state index in [4.69, 9.17) is 4.99 Å². The number of hydrogen-bond acceptors (Lipinski definition) is 4. The Morgan fingerprint density at radius 1 is 1.07 bits per heavy atom. The second-order valence-electron chi connectivity index (χ2n) is 7.28. The first kappa shape index (κ1) is 22.0. The second-order valence-corrected chi connectivity index (χ2v) is 9.59. The van der Waals surface area contributed by atoms with E-state index in [9.17, 15) is 4.79 Å². The van der Waals surface area contributed by atoms with E-state index in [1.807, 2.05) is 41.9 Å². The molecule has 0 N–H and O–H groups in total. The van der Waals surface area contributed by atoms with E-state index >= 15 is 0 Å². The number of carbonyl (C=O) groups excluding carboxylic acids is 1. The van der Waals surface area contributed by atoms with Crippen LogP contribution in [0.4, 0.5) is 5.69 Å². The fraction of sp³-hybridized carbons (Fsp3) is 0.417. The molecule has 0 atom stereocenters. The highest BCUT2D eigenvalue weighted by molar-refractivity contribution is 7.99. The molecule has 2 aromatic carbocycles.